The average molecular weight is 468 g/mol. The van der Waals surface area contributed by atoms with Crippen LogP contribution in [-0.2, 0) is 11.2 Å². The van der Waals surface area contributed by atoms with Gasteiger partial charge in [0.25, 0.3) is 5.56 Å². The van der Waals surface area contributed by atoms with Crippen LogP contribution in [0, 0.1) is 6.92 Å². The van der Waals surface area contributed by atoms with E-state index in [2.05, 4.69) is 27.3 Å². The van der Waals surface area contributed by atoms with Gasteiger partial charge in [0.2, 0.25) is 5.91 Å². The van der Waals surface area contributed by atoms with Crippen LogP contribution in [0.2, 0.25) is 0 Å². The number of rotatable bonds is 5. The number of amides is 1. The molecule has 2 unspecified atom stereocenters. The second-order valence-electron chi connectivity index (χ2n) is 9.32. The van der Waals surface area contributed by atoms with Crippen LogP contribution < -0.4 is 5.56 Å². The summed E-state index contributed by atoms with van der Waals surface area (Å²) in [6.45, 7) is 5.10. The zero-order valence-corrected chi connectivity index (χ0v) is 20.1. The topological polar surface area (TPSA) is 91.8 Å². The number of nitrogens with one attached hydrogen (secondary N) is 1. The summed E-state index contributed by atoms with van der Waals surface area (Å²) in [5.74, 6) is 0.458. The maximum atomic E-state index is 13.6. The van der Waals surface area contributed by atoms with Crippen molar-refractivity contribution in [2.75, 3.05) is 13.1 Å². The molecule has 0 saturated carbocycles. The van der Waals surface area contributed by atoms with Crippen molar-refractivity contribution in [3.63, 3.8) is 0 Å². The van der Waals surface area contributed by atoms with Crippen molar-refractivity contribution >= 4 is 16.7 Å². The minimum atomic E-state index is -0.466. The molecule has 4 aromatic rings. The van der Waals surface area contributed by atoms with Crippen LogP contribution in [-0.4, -0.2) is 44.1 Å². The predicted octanol–water partition coefficient (Wildman–Crippen LogP) is 4.12. The number of carbonyl (C=O) groups is 1. The van der Waals surface area contributed by atoms with E-state index >= 15 is 0 Å². The lowest BCUT2D eigenvalue weighted by Gasteiger charge is -2.34. The summed E-state index contributed by atoms with van der Waals surface area (Å²) in [6, 6.07) is 17.6. The zero-order chi connectivity index (χ0) is 24.4. The molecule has 2 aromatic heterocycles. The Kier molecular flexibility index (Phi) is 6.40. The fourth-order valence-electron chi connectivity index (χ4n) is 5.08. The molecule has 0 radical (unpaired) electrons. The summed E-state index contributed by atoms with van der Waals surface area (Å²) in [7, 11) is 0. The predicted molar refractivity (Wildman–Crippen MR) is 135 cm³/mol. The number of aromatic amines is 1. The standard InChI is InChI=1S/C28H29N5O2/c1-18(25-23-12-6-7-13-24(23)27(34)32-31-25)28(35)33-14-8-11-21(17-33)26-22(16-29-19(2)30-26)15-20-9-4-3-5-10-20/h3-7,9-10,12-13,16,18,21H,8,11,14-15,17H2,1-2H3,(H,32,34). The third-order valence-corrected chi connectivity index (χ3v) is 6.88. The SMILES string of the molecule is Cc1ncc(Cc2ccccc2)c(C2CCCN(C(=O)C(C)c3n[nH]c(=O)c4ccccc34)C2)n1. The lowest BCUT2D eigenvalue weighted by molar-refractivity contribution is -0.133. The molecule has 1 fully saturated rings. The first-order chi connectivity index (χ1) is 17.0. The van der Waals surface area contributed by atoms with E-state index in [0.717, 1.165) is 41.7 Å². The van der Waals surface area contributed by atoms with Crippen molar-refractivity contribution in [2.45, 2.75) is 44.9 Å². The van der Waals surface area contributed by atoms with Gasteiger partial charge in [-0.3, -0.25) is 9.59 Å². The van der Waals surface area contributed by atoms with Crippen molar-refractivity contribution in [1.29, 1.82) is 0 Å². The Morgan fingerprint density at radius 2 is 1.86 bits per heavy atom. The first-order valence-corrected chi connectivity index (χ1v) is 12.1. The first kappa shape index (κ1) is 22.9. The lowest BCUT2D eigenvalue weighted by Crippen LogP contribution is -2.42. The highest BCUT2D eigenvalue weighted by atomic mass is 16.2. The van der Waals surface area contributed by atoms with Gasteiger partial charge in [-0.05, 0) is 43.9 Å². The highest BCUT2D eigenvalue weighted by Crippen LogP contribution is 2.31. The van der Waals surface area contributed by atoms with Crippen LogP contribution in [0.25, 0.3) is 10.8 Å². The first-order valence-electron chi connectivity index (χ1n) is 12.1. The van der Waals surface area contributed by atoms with Crippen LogP contribution in [0.15, 0.2) is 65.6 Å². The maximum absolute atomic E-state index is 13.6. The minimum absolute atomic E-state index is 0.0230. The normalized spacial score (nSPS) is 16.9. The third-order valence-electron chi connectivity index (χ3n) is 6.88. The lowest BCUT2D eigenvalue weighted by atomic mass is 9.89. The molecule has 3 heterocycles. The molecule has 1 N–H and O–H groups in total. The number of fused-ring (bicyclic) bond motifs is 1. The van der Waals surface area contributed by atoms with E-state index in [0.29, 0.717) is 24.2 Å². The molecule has 1 amide bonds. The molecule has 5 rings (SSSR count). The molecule has 2 aromatic carbocycles. The van der Waals surface area contributed by atoms with E-state index in [1.54, 1.807) is 6.07 Å². The van der Waals surface area contributed by atoms with Crippen molar-refractivity contribution in [2.24, 2.45) is 0 Å². The Morgan fingerprint density at radius 3 is 2.66 bits per heavy atom. The summed E-state index contributed by atoms with van der Waals surface area (Å²) in [5, 5.41) is 8.10. The Balaban J connectivity index is 1.40. The van der Waals surface area contributed by atoms with Gasteiger partial charge in [0.1, 0.15) is 5.82 Å². The van der Waals surface area contributed by atoms with Gasteiger partial charge in [-0.1, -0.05) is 48.5 Å². The molecule has 1 aliphatic heterocycles. The molecule has 2 atom stereocenters. The number of benzene rings is 2. The molecule has 7 heteroatoms. The highest BCUT2D eigenvalue weighted by molar-refractivity contribution is 5.91. The van der Waals surface area contributed by atoms with Gasteiger partial charge in [-0.25, -0.2) is 15.1 Å². The second-order valence-corrected chi connectivity index (χ2v) is 9.32. The van der Waals surface area contributed by atoms with Crippen LogP contribution in [0.3, 0.4) is 0 Å². The Hall–Kier alpha value is -3.87. The van der Waals surface area contributed by atoms with Crippen LogP contribution in [0.4, 0.5) is 0 Å². The van der Waals surface area contributed by atoms with Gasteiger partial charge in [-0.2, -0.15) is 5.10 Å². The molecule has 0 spiro atoms. The molecule has 1 aliphatic rings. The van der Waals surface area contributed by atoms with E-state index in [4.69, 9.17) is 4.98 Å². The monoisotopic (exact) mass is 467 g/mol. The number of carbonyl (C=O) groups excluding carboxylic acids is 1. The minimum Gasteiger partial charge on any atom is -0.341 e. The van der Waals surface area contributed by atoms with E-state index < -0.39 is 5.92 Å². The molecule has 0 aliphatic carbocycles. The van der Waals surface area contributed by atoms with E-state index in [9.17, 15) is 9.59 Å². The number of likely N-dealkylation sites (tertiary alicyclic amines) is 1. The molecule has 7 nitrogen and oxygen atoms in total. The van der Waals surface area contributed by atoms with Crippen LogP contribution >= 0.6 is 0 Å². The molecular weight excluding hydrogens is 438 g/mol. The Morgan fingerprint density at radius 1 is 1.11 bits per heavy atom. The molecule has 1 saturated heterocycles. The van der Waals surface area contributed by atoms with Gasteiger partial charge < -0.3 is 4.90 Å². The van der Waals surface area contributed by atoms with Gasteiger partial charge in [0.15, 0.2) is 0 Å². The smallest absolute Gasteiger partial charge is 0.272 e. The van der Waals surface area contributed by atoms with Gasteiger partial charge in [0.05, 0.1) is 22.7 Å². The Labute approximate surface area is 204 Å². The van der Waals surface area contributed by atoms with Gasteiger partial charge in [-0.15, -0.1) is 0 Å². The fraction of sp³-hybridized carbons (Fsp3) is 0.321. The molecule has 0 bridgehead atoms. The number of aryl methyl sites for hydroxylation is 1. The quantitative estimate of drug-likeness (QED) is 0.477. The van der Waals surface area contributed by atoms with Gasteiger partial charge in [0, 0.05) is 37.0 Å². The number of hydrogen-bond acceptors (Lipinski definition) is 5. The van der Waals surface area contributed by atoms with E-state index in [1.807, 2.05) is 61.3 Å². The second kappa shape index (κ2) is 9.78. The number of hydrogen-bond donors (Lipinski definition) is 1. The maximum Gasteiger partial charge on any atom is 0.272 e. The average Bonchev–Trinajstić information content (AvgIpc) is 2.90. The third kappa shape index (κ3) is 4.71. The molecular formula is C28H29N5O2. The molecule has 35 heavy (non-hydrogen) atoms. The summed E-state index contributed by atoms with van der Waals surface area (Å²) in [5.41, 5.74) is 3.73. The number of piperidine rings is 1. The number of nitrogens with zero attached hydrogens (tertiary/aromatic N) is 4. The molecule has 178 valence electrons. The van der Waals surface area contributed by atoms with Crippen molar-refractivity contribution in [1.82, 2.24) is 25.1 Å². The van der Waals surface area contributed by atoms with Crippen molar-refractivity contribution in [3.05, 3.63) is 99.5 Å². The van der Waals surface area contributed by atoms with Crippen molar-refractivity contribution < 1.29 is 4.79 Å². The number of H-pyrrole nitrogens is 1. The van der Waals surface area contributed by atoms with E-state index in [-0.39, 0.29) is 17.4 Å². The zero-order valence-electron chi connectivity index (χ0n) is 20.1. The summed E-state index contributed by atoms with van der Waals surface area (Å²) in [4.78, 5) is 37.0. The highest BCUT2D eigenvalue weighted by Gasteiger charge is 2.31. The van der Waals surface area contributed by atoms with Crippen LogP contribution in [0.5, 0.6) is 0 Å². The number of aromatic nitrogens is 4. The van der Waals surface area contributed by atoms with Crippen LogP contribution in [0.1, 0.15) is 59.9 Å². The van der Waals surface area contributed by atoms with Crippen molar-refractivity contribution in [3.8, 4) is 0 Å². The fourth-order valence-corrected chi connectivity index (χ4v) is 5.08. The van der Waals surface area contributed by atoms with E-state index in [1.165, 1.54) is 5.56 Å². The summed E-state index contributed by atoms with van der Waals surface area (Å²) < 4.78 is 0. The Bertz CT molecular complexity index is 1420. The largest absolute Gasteiger partial charge is 0.341 e. The van der Waals surface area contributed by atoms with Gasteiger partial charge >= 0.3 is 0 Å². The summed E-state index contributed by atoms with van der Waals surface area (Å²) >= 11 is 0. The summed E-state index contributed by atoms with van der Waals surface area (Å²) in [6.07, 6.45) is 4.60.